The summed E-state index contributed by atoms with van der Waals surface area (Å²) in [6, 6.07) is 2.16. The minimum atomic E-state index is 0.132. The van der Waals surface area contributed by atoms with E-state index < -0.39 is 0 Å². The van der Waals surface area contributed by atoms with Crippen LogP contribution >= 0.6 is 0 Å². The van der Waals surface area contributed by atoms with E-state index in [0.717, 1.165) is 23.1 Å². The van der Waals surface area contributed by atoms with E-state index >= 15 is 0 Å². The number of nitrogens with two attached hydrogens (primary N) is 1. The molecule has 1 aromatic heterocycles. The van der Waals surface area contributed by atoms with Gasteiger partial charge in [0.05, 0.1) is 13.3 Å². The van der Waals surface area contributed by atoms with Gasteiger partial charge in [0.15, 0.2) is 0 Å². The van der Waals surface area contributed by atoms with E-state index in [1.165, 1.54) is 25.7 Å². The monoisotopic (exact) mass is 232 g/mol. The molecule has 3 rings (SSSR count). The molecule has 4 unspecified atom stereocenters. The Morgan fingerprint density at radius 1 is 1.35 bits per heavy atom. The number of hydrogen-bond donors (Lipinski definition) is 1. The summed E-state index contributed by atoms with van der Waals surface area (Å²) >= 11 is 0. The molecule has 0 aliphatic heterocycles. The SMILES string of the molecule is COc1cncc(C(N)C2CC3CCC2C3)c1. The molecule has 0 spiro atoms. The van der Waals surface area contributed by atoms with Crippen molar-refractivity contribution in [1.82, 2.24) is 4.98 Å². The summed E-state index contributed by atoms with van der Waals surface area (Å²) in [6.07, 6.45) is 9.12. The lowest BCUT2D eigenvalue weighted by atomic mass is 9.81. The topological polar surface area (TPSA) is 48.1 Å². The molecule has 1 heterocycles. The van der Waals surface area contributed by atoms with E-state index in [2.05, 4.69) is 4.98 Å². The van der Waals surface area contributed by atoms with E-state index in [9.17, 15) is 0 Å². The number of nitrogens with zero attached hydrogens (tertiary/aromatic N) is 1. The summed E-state index contributed by atoms with van der Waals surface area (Å²) in [6.45, 7) is 0. The van der Waals surface area contributed by atoms with Gasteiger partial charge in [-0.2, -0.15) is 0 Å². The molecule has 3 heteroatoms. The van der Waals surface area contributed by atoms with Crippen LogP contribution in [-0.2, 0) is 0 Å². The Morgan fingerprint density at radius 3 is 2.88 bits per heavy atom. The second kappa shape index (κ2) is 4.30. The quantitative estimate of drug-likeness (QED) is 0.871. The number of fused-ring (bicyclic) bond motifs is 2. The first-order valence-corrected chi connectivity index (χ1v) is 6.52. The fraction of sp³-hybridized carbons (Fsp3) is 0.643. The van der Waals surface area contributed by atoms with Gasteiger partial charge in [0.2, 0.25) is 0 Å². The Morgan fingerprint density at radius 2 is 2.24 bits per heavy atom. The van der Waals surface area contributed by atoms with Gasteiger partial charge in [0, 0.05) is 12.2 Å². The molecule has 2 saturated carbocycles. The van der Waals surface area contributed by atoms with Gasteiger partial charge in [-0.25, -0.2) is 0 Å². The predicted molar refractivity (Wildman–Crippen MR) is 66.7 cm³/mol. The molecule has 17 heavy (non-hydrogen) atoms. The normalized spacial score (nSPS) is 32.7. The van der Waals surface area contributed by atoms with E-state index in [1.807, 2.05) is 12.3 Å². The van der Waals surface area contributed by atoms with Crippen LogP contribution in [0.4, 0.5) is 0 Å². The number of aromatic nitrogens is 1. The van der Waals surface area contributed by atoms with E-state index in [0.29, 0.717) is 5.92 Å². The first-order valence-electron chi connectivity index (χ1n) is 6.52. The van der Waals surface area contributed by atoms with Crippen LogP contribution in [0.15, 0.2) is 18.5 Å². The molecule has 0 amide bonds. The van der Waals surface area contributed by atoms with Crippen LogP contribution in [0.2, 0.25) is 0 Å². The van der Waals surface area contributed by atoms with Crippen molar-refractivity contribution in [3.05, 3.63) is 24.0 Å². The van der Waals surface area contributed by atoms with Crippen LogP contribution in [0, 0.1) is 17.8 Å². The number of ether oxygens (including phenoxy) is 1. The van der Waals surface area contributed by atoms with Gasteiger partial charge in [-0.05, 0) is 48.6 Å². The molecule has 0 saturated heterocycles. The molecular formula is C14H20N2O. The van der Waals surface area contributed by atoms with E-state index in [4.69, 9.17) is 10.5 Å². The molecule has 92 valence electrons. The number of pyridine rings is 1. The van der Waals surface area contributed by atoms with E-state index in [1.54, 1.807) is 13.3 Å². The summed E-state index contributed by atoms with van der Waals surface area (Å²) in [4.78, 5) is 4.21. The van der Waals surface area contributed by atoms with E-state index in [-0.39, 0.29) is 6.04 Å². The zero-order valence-electron chi connectivity index (χ0n) is 10.3. The van der Waals surface area contributed by atoms with Crippen molar-refractivity contribution in [2.24, 2.45) is 23.5 Å². The lowest BCUT2D eigenvalue weighted by Crippen LogP contribution is -2.26. The van der Waals surface area contributed by atoms with Gasteiger partial charge in [-0.15, -0.1) is 0 Å². The molecule has 0 aromatic carbocycles. The molecular weight excluding hydrogens is 212 g/mol. The van der Waals surface area contributed by atoms with Crippen molar-refractivity contribution < 1.29 is 4.74 Å². The van der Waals surface area contributed by atoms with Crippen LogP contribution in [0.3, 0.4) is 0 Å². The molecule has 0 radical (unpaired) electrons. The lowest BCUT2D eigenvalue weighted by molar-refractivity contribution is 0.283. The van der Waals surface area contributed by atoms with Crippen LogP contribution in [0.1, 0.15) is 37.3 Å². The predicted octanol–water partition coefficient (Wildman–Crippen LogP) is 2.53. The highest BCUT2D eigenvalue weighted by molar-refractivity contribution is 5.26. The number of rotatable bonds is 3. The minimum absolute atomic E-state index is 0.132. The summed E-state index contributed by atoms with van der Waals surface area (Å²) in [5.74, 6) is 3.25. The molecule has 2 aliphatic rings. The molecule has 2 N–H and O–H groups in total. The lowest BCUT2D eigenvalue weighted by Gasteiger charge is -2.27. The van der Waals surface area contributed by atoms with Gasteiger partial charge in [-0.3, -0.25) is 4.98 Å². The molecule has 4 atom stereocenters. The highest BCUT2D eigenvalue weighted by Crippen LogP contribution is 2.51. The van der Waals surface area contributed by atoms with Crippen molar-refractivity contribution in [1.29, 1.82) is 0 Å². The Hall–Kier alpha value is -1.09. The molecule has 1 aromatic rings. The molecule has 2 aliphatic carbocycles. The van der Waals surface area contributed by atoms with Gasteiger partial charge in [0.1, 0.15) is 5.75 Å². The number of methoxy groups -OCH3 is 1. The summed E-state index contributed by atoms with van der Waals surface area (Å²) in [5, 5.41) is 0. The van der Waals surface area contributed by atoms with Crippen molar-refractivity contribution >= 4 is 0 Å². The first kappa shape index (κ1) is 11.0. The molecule has 2 bridgehead atoms. The maximum absolute atomic E-state index is 6.41. The van der Waals surface area contributed by atoms with Crippen LogP contribution in [-0.4, -0.2) is 12.1 Å². The molecule has 2 fully saturated rings. The van der Waals surface area contributed by atoms with Gasteiger partial charge in [0.25, 0.3) is 0 Å². The second-order valence-electron chi connectivity index (χ2n) is 5.52. The maximum atomic E-state index is 6.41. The zero-order valence-corrected chi connectivity index (χ0v) is 10.3. The third kappa shape index (κ3) is 1.93. The standard InChI is InChI=1S/C14H20N2O/c1-17-12-6-11(7-16-8-12)14(15)13-5-9-2-3-10(13)4-9/h6-10,13-14H,2-5,15H2,1H3. The van der Waals surface area contributed by atoms with Crippen molar-refractivity contribution in [3.8, 4) is 5.75 Å². The Kier molecular flexibility index (Phi) is 2.79. The highest BCUT2D eigenvalue weighted by Gasteiger charge is 2.42. The van der Waals surface area contributed by atoms with Crippen molar-refractivity contribution in [2.75, 3.05) is 7.11 Å². The highest BCUT2D eigenvalue weighted by atomic mass is 16.5. The Balaban J connectivity index is 1.79. The Bertz CT molecular complexity index is 407. The zero-order chi connectivity index (χ0) is 11.8. The summed E-state index contributed by atoms with van der Waals surface area (Å²) in [5.41, 5.74) is 7.54. The van der Waals surface area contributed by atoms with Crippen LogP contribution < -0.4 is 10.5 Å². The van der Waals surface area contributed by atoms with Crippen LogP contribution in [0.25, 0.3) is 0 Å². The van der Waals surface area contributed by atoms with Gasteiger partial charge < -0.3 is 10.5 Å². The minimum Gasteiger partial charge on any atom is -0.495 e. The fourth-order valence-electron chi connectivity index (χ4n) is 3.71. The van der Waals surface area contributed by atoms with Gasteiger partial charge in [-0.1, -0.05) is 6.42 Å². The average Bonchev–Trinajstić information content (AvgIpc) is 3.00. The number of hydrogen-bond acceptors (Lipinski definition) is 3. The summed E-state index contributed by atoms with van der Waals surface area (Å²) in [7, 11) is 1.67. The fourth-order valence-corrected chi connectivity index (χ4v) is 3.71. The Labute approximate surface area is 102 Å². The average molecular weight is 232 g/mol. The smallest absolute Gasteiger partial charge is 0.137 e. The third-order valence-electron chi connectivity index (χ3n) is 4.61. The first-order chi connectivity index (χ1) is 8.28. The maximum Gasteiger partial charge on any atom is 0.137 e. The van der Waals surface area contributed by atoms with Crippen molar-refractivity contribution in [3.63, 3.8) is 0 Å². The van der Waals surface area contributed by atoms with Crippen molar-refractivity contribution in [2.45, 2.75) is 31.7 Å². The second-order valence-corrected chi connectivity index (χ2v) is 5.52. The largest absolute Gasteiger partial charge is 0.495 e. The van der Waals surface area contributed by atoms with Gasteiger partial charge >= 0.3 is 0 Å². The van der Waals surface area contributed by atoms with Crippen LogP contribution in [0.5, 0.6) is 5.75 Å². The molecule has 3 nitrogen and oxygen atoms in total. The third-order valence-corrected chi connectivity index (χ3v) is 4.61. The summed E-state index contributed by atoms with van der Waals surface area (Å²) < 4.78 is 5.21.